The molecule has 5 rings (SSSR count). The minimum atomic E-state index is 0.227. The summed E-state index contributed by atoms with van der Waals surface area (Å²) in [6.07, 6.45) is 7.72. The van der Waals surface area contributed by atoms with Crippen LogP contribution in [0.1, 0.15) is 49.5 Å². The molecule has 3 aliphatic heterocycles. The Morgan fingerprint density at radius 3 is 3.03 bits per heavy atom. The van der Waals surface area contributed by atoms with Gasteiger partial charge in [-0.1, -0.05) is 6.07 Å². The number of anilines is 1. The predicted molar refractivity (Wildman–Crippen MR) is 118 cm³/mol. The SMILES string of the molecule is CCn1cc(C2CC3C(CN2)NNC3c2cccc(N3CCC[C@H](NC)C3)n2)cn1. The second-order valence-corrected chi connectivity index (χ2v) is 8.86. The number of piperidine rings is 2. The van der Waals surface area contributed by atoms with Crippen molar-refractivity contribution in [3.05, 3.63) is 41.9 Å². The maximum atomic E-state index is 5.11. The third kappa shape index (κ3) is 3.85. The molecule has 8 heteroatoms. The molecular formula is C22H34N8. The van der Waals surface area contributed by atoms with Crippen LogP contribution in [0.4, 0.5) is 5.82 Å². The second kappa shape index (κ2) is 8.63. The molecule has 5 heterocycles. The van der Waals surface area contributed by atoms with Gasteiger partial charge in [-0.2, -0.15) is 5.10 Å². The Kier molecular flexibility index (Phi) is 5.73. The minimum Gasteiger partial charge on any atom is -0.355 e. The van der Waals surface area contributed by atoms with E-state index in [0.29, 0.717) is 24.0 Å². The van der Waals surface area contributed by atoms with Crippen molar-refractivity contribution in [2.24, 2.45) is 5.92 Å². The van der Waals surface area contributed by atoms with E-state index in [0.717, 1.165) is 44.1 Å². The van der Waals surface area contributed by atoms with E-state index in [1.807, 2.05) is 10.9 Å². The highest BCUT2D eigenvalue weighted by atomic mass is 15.4. The summed E-state index contributed by atoms with van der Waals surface area (Å²) in [5.41, 5.74) is 9.49. The van der Waals surface area contributed by atoms with Crippen molar-refractivity contribution in [2.45, 2.75) is 56.9 Å². The number of pyridine rings is 1. The van der Waals surface area contributed by atoms with Crippen LogP contribution >= 0.6 is 0 Å². The van der Waals surface area contributed by atoms with Crippen LogP contribution in [-0.2, 0) is 6.54 Å². The third-order valence-corrected chi connectivity index (χ3v) is 7.07. The van der Waals surface area contributed by atoms with Crippen molar-refractivity contribution < 1.29 is 0 Å². The second-order valence-electron chi connectivity index (χ2n) is 8.86. The van der Waals surface area contributed by atoms with Crippen molar-refractivity contribution >= 4 is 5.82 Å². The summed E-state index contributed by atoms with van der Waals surface area (Å²) < 4.78 is 2.01. The van der Waals surface area contributed by atoms with Crippen LogP contribution in [0.15, 0.2) is 30.6 Å². The molecule has 4 unspecified atom stereocenters. The normalized spacial score (nSPS) is 31.7. The summed E-state index contributed by atoms with van der Waals surface area (Å²) in [7, 11) is 2.06. The number of fused-ring (bicyclic) bond motifs is 1. The van der Waals surface area contributed by atoms with Crippen LogP contribution in [0.5, 0.6) is 0 Å². The van der Waals surface area contributed by atoms with Gasteiger partial charge in [-0.15, -0.1) is 0 Å². The summed E-state index contributed by atoms with van der Waals surface area (Å²) in [5.74, 6) is 1.60. The van der Waals surface area contributed by atoms with Gasteiger partial charge >= 0.3 is 0 Å². The van der Waals surface area contributed by atoms with E-state index in [1.165, 1.54) is 18.4 Å². The number of hydrogen-bond donors (Lipinski definition) is 4. The van der Waals surface area contributed by atoms with Crippen molar-refractivity contribution in [1.29, 1.82) is 0 Å². The first-order chi connectivity index (χ1) is 14.7. The van der Waals surface area contributed by atoms with Gasteiger partial charge in [0.1, 0.15) is 5.82 Å². The van der Waals surface area contributed by atoms with Gasteiger partial charge in [-0.05, 0) is 45.4 Å². The van der Waals surface area contributed by atoms with Crippen LogP contribution in [0.25, 0.3) is 0 Å². The molecule has 30 heavy (non-hydrogen) atoms. The summed E-state index contributed by atoms with van der Waals surface area (Å²) in [5, 5.41) is 11.6. The van der Waals surface area contributed by atoms with E-state index in [4.69, 9.17) is 4.98 Å². The van der Waals surface area contributed by atoms with Crippen LogP contribution < -0.4 is 26.4 Å². The molecule has 4 N–H and O–H groups in total. The van der Waals surface area contributed by atoms with E-state index in [-0.39, 0.29) is 6.04 Å². The van der Waals surface area contributed by atoms with E-state index in [1.54, 1.807) is 0 Å². The first-order valence-electron chi connectivity index (χ1n) is 11.4. The molecule has 162 valence electrons. The van der Waals surface area contributed by atoms with E-state index < -0.39 is 0 Å². The molecule has 8 nitrogen and oxygen atoms in total. The molecule has 3 fully saturated rings. The highest BCUT2D eigenvalue weighted by Gasteiger charge is 2.42. The maximum absolute atomic E-state index is 5.11. The number of hydrogen-bond acceptors (Lipinski definition) is 7. The molecular weight excluding hydrogens is 376 g/mol. The maximum Gasteiger partial charge on any atom is 0.128 e. The van der Waals surface area contributed by atoms with Gasteiger partial charge in [0.05, 0.1) is 17.9 Å². The molecule has 0 radical (unpaired) electrons. The molecule has 0 aliphatic carbocycles. The van der Waals surface area contributed by atoms with Gasteiger partial charge in [0, 0.05) is 62.0 Å². The topological polar surface area (TPSA) is 82.1 Å². The molecule has 0 spiro atoms. The zero-order valence-corrected chi connectivity index (χ0v) is 18.0. The van der Waals surface area contributed by atoms with Gasteiger partial charge in [-0.3, -0.25) is 10.1 Å². The summed E-state index contributed by atoms with van der Waals surface area (Å²) in [6.45, 7) is 6.10. The third-order valence-electron chi connectivity index (χ3n) is 7.07. The zero-order chi connectivity index (χ0) is 20.5. The van der Waals surface area contributed by atoms with E-state index in [9.17, 15) is 0 Å². The van der Waals surface area contributed by atoms with Crippen LogP contribution in [0, 0.1) is 5.92 Å². The summed E-state index contributed by atoms with van der Waals surface area (Å²) >= 11 is 0. The van der Waals surface area contributed by atoms with Crippen molar-refractivity contribution in [1.82, 2.24) is 36.2 Å². The molecule has 3 saturated heterocycles. The number of hydrazine groups is 1. The Morgan fingerprint density at radius 2 is 2.20 bits per heavy atom. The first-order valence-corrected chi connectivity index (χ1v) is 11.4. The lowest BCUT2D eigenvalue weighted by Crippen LogP contribution is -2.46. The number of aromatic nitrogens is 3. The van der Waals surface area contributed by atoms with Gasteiger partial charge in [0.25, 0.3) is 0 Å². The largest absolute Gasteiger partial charge is 0.355 e. The number of likely N-dealkylation sites (N-methyl/N-ethyl adjacent to an activating group) is 1. The standard InChI is InChI=1S/C22H34N8/c1-3-30-13-15(11-25-30)19-10-17-20(12-24-19)27-28-22(17)18-7-4-8-21(26-18)29-9-5-6-16(14-29)23-2/h4,7-8,11,13,16-17,19-20,22-24,27-28H,3,5-6,9-10,12,14H2,1-2H3/t16-,17?,19?,20?,22?/m0/s1. The Bertz CT molecular complexity index is 851. The molecule has 2 aromatic heterocycles. The lowest BCUT2D eigenvalue weighted by Gasteiger charge is -2.35. The number of aryl methyl sites for hydroxylation is 1. The fourth-order valence-corrected chi connectivity index (χ4v) is 5.26. The number of rotatable bonds is 5. The highest BCUT2D eigenvalue weighted by Crippen LogP contribution is 2.38. The van der Waals surface area contributed by atoms with Gasteiger partial charge in [-0.25, -0.2) is 10.4 Å². The fourth-order valence-electron chi connectivity index (χ4n) is 5.26. The van der Waals surface area contributed by atoms with Crippen LogP contribution in [-0.4, -0.2) is 53.5 Å². The Labute approximate surface area is 178 Å². The van der Waals surface area contributed by atoms with Gasteiger partial charge < -0.3 is 15.5 Å². The minimum absolute atomic E-state index is 0.227. The molecule has 0 amide bonds. The average molecular weight is 411 g/mol. The lowest BCUT2D eigenvalue weighted by molar-refractivity contribution is 0.265. The molecule has 2 aromatic rings. The quantitative estimate of drug-likeness (QED) is 0.592. The van der Waals surface area contributed by atoms with E-state index in [2.05, 4.69) is 69.9 Å². The summed E-state index contributed by atoms with van der Waals surface area (Å²) in [4.78, 5) is 7.54. The van der Waals surface area contributed by atoms with Crippen LogP contribution in [0.2, 0.25) is 0 Å². The summed E-state index contributed by atoms with van der Waals surface area (Å²) in [6, 6.07) is 8.04. The van der Waals surface area contributed by atoms with Crippen molar-refractivity contribution in [3.63, 3.8) is 0 Å². The average Bonchev–Trinajstić information content (AvgIpc) is 3.46. The van der Waals surface area contributed by atoms with Gasteiger partial charge in [0.2, 0.25) is 0 Å². The highest BCUT2D eigenvalue weighted by molar-refractivity contribution is 5.41. The lowest BCUT2D eigenvalue weighted by atomic mass is 9.82. The monoisotopic (exact) mass is 410 g/mol. The molecule has 0 bridgehead atoms. The zero-order valence-electron chi connectivity index (χ0n) is 18.0. The molecule has 0 saturated carbocycles. The Balaban J connectivity index is 1.33. The smallest absolute Gasteiger partial charge is 0.128 e. The first kappa shape index (κ1) is 19.9. The fraction of sp³-hybridized carbons (Fsp3) is 0.636. The molecule has 5 atom stereocenters. The van der Waals surface area contributed by atoms with Crippen molar-refractivity contribution in [3.8, 4) is 0 Å². The Hall–Kier alpha value is -2.00. The van der Waals surface area contributed by atoms with Gasteiger partial charge in [0.15, 0.2) is 0 Å². The number of nitrogens with one attached hydrogen (secondary N) is 4. The number of nitrogens with zero attached hydrogens (tertiary/aromatic N) is 4. The van der Waals surface area contributed by atoms with Crippen LogP contribution in [0.3, 0.4) is 0 Å². The molecule has 0 aromatic carbocycles. The Morgan fingerprint density at radius 1 is 1.27 bits per heavy atom. The van der Waals surface area contributed by atoms with Crippen molar-refractivity contribution in [2.75, 3.05) is 31.6 Å². The molecule has 3 aliphatic rings. The predicted octanol–water partition coefficient (Wildman–Crippen LogP) is 1.35. The van der Waals surface area contributed by atoms with E-state index >= 15 is 0 Å².